The number of aryl methyl sites for hydroxylation is 2. The highest BCUT2D eigenvalue weighted by molar-refractivity contribution is 7.17. The molecule has 1 N–H and O–H groups in total. The van der Waals surface area contributed by atoms with E-state index < -0.39 is 0 Å². The van der Waals surface area contributed by atoms with Crippen LogP contribution in [0.5, 0.6) is 0 Å². The van der Waals surface area contributed by atoms with Gasteiger partial charge in [-0.2, -0.15) is 0 Å². The average molecular weight is 368 g/mol. The highest BCUT2D eigenvalue weighted by Crippen LogP contribution is 2.33. The second-order valence-corrected chi connectivity index (χ2v) is 8.33. The van der Waals surface area contributed by atoms with Crippen molar-refractivity contribution in [3.8, 4) is 11.1 Å². The molecule has 1 aliphatic rings. The molecule has 0 bridgehead atoms. The molecule has 1 fully saturated rings. The van der Waals surface area contributed by atoms with Gasteiger partial charge < -0.3 is 4.98 Å². The Hall–Kier alpha value is -1.98. The van der Waals surface area contributed by atoms with Crippen LogP contribution in [0.2, 0.25) is 0 Å². The van der Waals surface area contributed by atoms with Crippen molar-refractivity contribution in [3.05, 3.63) is 50.9 Å². The predicted molar refractivity (Wildman–Crippen MR) is 109 cm³/mol. The van der Waals surface area contributed by atoms with E-state index >= 15 is 0 Å². The number of nitrogens with zero attached hydrogens (tertiary/aromatic N) is 2. The van der Waals surface area contributed by atoms with Crippen LogP contribution in [0, 0.1) is 13.8 Å². The van der Waals surface area contributed by atoms with Gasteiger partial charge in [0.15, 0.2) is 0 Å². The monoisotopic (exact) mass is 367 g/mol. The maximum absolute atomic E-state index is 12.9. The van der Waals surface area contributed by atoms with E-state index in [9.17, 15) is 4.79 Å². The van der Waals surface area contributed by atoms with Crippen molar-refractivity contribution in [3.63, 3.8) is 0 Å². The molecule has 1 aliphatic heterocycles. The fourth-order valence-corrected chi connectivity index (χ4v) is 4.84. The lowest BCUT2D eigenvalue weighted by atomic mass is 9.99. The average Bonchev–Trinajstić information content (AvgIpc) is 3.03. The third kappa shape index (κ3) is 3.21. The first-order chi connectivity index (χ1) is 12.5. The number of rotatable bonds is 3. The molecule has 0 amide bonds. The molecule has 1 atom stereocenters. The summed E-state index contributed by atoms with van der Waals surface area (Å²) in [6.07, 6.45) is 3.75. The van der Waals surface area contributed by atoms with Gasteiger partial charge in [0.25, 0.3) is 5.56 Å². The molecule has 0 saturated carbocycles. The van der Waals surface area contributed by atoms with Gasteiger partial charge in [-0.05, 0) is 51.3 Å². The van der Waals surface area contributed by atoms with Crippen LogP contribution in [0.25, 0.3) is 21.3 Å². The van der Waals surface area contributed by atoms with Crippen molar-refractivity contribution < 1.29 is 0 Å². The van der Waals surface area contributed by atoms with Crippen molar-refractivity contribution in [2.75, 3.05) is 6.54 Å². The van der Waals surface area contributed by atoms with Gasteiger partial charge in [-0.1, -0.05) is 30.2 Å². The highest BCUT2D eigenvalue weighted by atomic mass is 32.1. The van der Waals surface area contributed by atoms with Gasteiger partial charge in [0.2, 0.25) is 0 Å². The molecule has 4 nitrogen and oxygen atoms in total. The number of hydrogen-bond donors (Lipinski definition) is 1. The molecule has 0 aliphatic carbocycles. The number of piperidine rings is 1. The van der Waals surface area contributed by atoms with E-state index in [1.165, 1.54) is 30.4 Å². The van der Waals surface area contributed by atoms with Gasteiger partial charge in [-0.25, -0.2) is 4.98 Å². The second-order valence-electron chi connectivity index (χ2n) is 7.48. The summed E-state index contributed by atoms with van der Waals surface area (Å²) in [5.74, 6) is 0.783. The van der Waals surface area contributed by atoms with Crippen molar-refractivity contribution in [2.24, 2.45) is 0 Å². The van der Waals surface area contributed by atoms with Gasteiger partial charge in [0.1, 0.15) is 10.7 Å². The van der Waals surface area contributed by atoms with Crippen LogP contribution in [0.4, 0.5) is 0 Å². The van der Waals surface area contributed by atoms with Crippen LogP contribution in [-0.2, 0) is 6.54 Å². The van der Waals surface area contributed by atoms with Gasteiger partial charge in [0.05, 0.1) is 11.9 Å². The summed E-state index contributed by atoms with van der Waals surface area (Å²) in [4.78, 5) is 24.0. The van der Waals surface area contributed by atoms with Crippen molar-refractivity contribution >= 4 is 21.6 Å². The summed E-state index contributed by atoms with van der Waals surface area (Å²) in [5, 5.41) is 2.79. The molecular weight excluding hydrogens is 342 g/mol. The maximum atomic E-state index is 12.9. The Bertz CT molecular complexity index is 1000. The summed E-state index contributed by atoms with van der Waals surface area (Å²) in [6.45, 7) is 8.24. The Morgan fingerprint density at radius 1 is 1.27 bits per heavy atom. The lowest BCUT2D eigenvalue weighted by Gasteiger charge is -2.32. The highest BCUT2D eigenvalue weighted by Gasteiger charge is 2.20. The topological polar surface area (TPSA) is 49.0 Å². The van der Waals surface area contributed by atoms with Crippen molar-refractivity contribution in [1.82, 2.24) is 14.9 Å². The van der Waals surface area contributed by atoms with Crippen LogP contribution in [0.15, 0.2) is 28.4 Å². The number of H-pyrrole nitrogens is 1. The fraction of sp³-hybridized carbons (Fsp3) is 0.429. The van der Waals surface area contributed by atoms with E-state index in [4.69, 9.17) is 4.98 Å². The van der Waals surface area contributed by atoms with E-state index in [1.54, 1.807) is 11.3 Å². The predicted octanol–water partition coefficient (Wildman–Crippen LogP) is 4.64. The molecule has 136 valence electrons. The van der Waals surface area contributed by atoms with Crippen LogP contribution < -0.4 is 5.56 Å². The lowest BCUT2D eigenvalue weighted by molar-refractivity contribution is 0.149. The van der Waals surface area contributed by atoms with Gasteiger partial charge >= 0.3 is 0 Å². The molecule has 4 rings (SSSR count). The summed E-state index contributed by atoms with van der Waals surface area (Å²) in [7, 11) is 0. The molecule has 1 unspecified atom stereocenters. The van der Waals surface area contributed by atoms with Gasteiger partial charge in [0, 0.05) is 17.0 Å². The maximum Gasteiger partial charge on any atom is 0.260 e. The number of aromatic amines is 1. The minimum absolute atomic E-state index is 0.0215. The molecule has 5 heteroatoms. The number of likely N-dealkylation sites (tertiary alicyclic amines) is 1. The van der Waals surface area contributed by atoms with Crippen LogP contribution in [0.3, 0.4) is 0 Å². The molecule has 2 aromatic heterocycles. The number of thiophene rings is 1. The Balaban J connectivity index is 1.74. The SMILES string of the molecule is Cc1ccc(C)c(-c2csc3nc(CN4CCCCC4C)[nH]c(=O)c23)c1. The molecule has 1 saturated heterocycles. The minimum Gasteiger partial charge on any atom is -0.309 e. The van der Waals surface area contributed by atoms with Gasteiger partial charge in [-0.3, -0.25) is 9.69 Å². The number of aromatic nitrogens is 2. The van der Waals surface area contributed by atoms with E-state index in [2.05, 4.69) is 54.2 Å². The molecule has 0 radical (unpaired) electrons. The number of fused-ring (bicyclic) bond motifs is 1. The number of hydrogen-bond acceptors (Lipinski definition) is 4. The molecule has 0 spiro atoms. The smallest absolute Gasteiger partial charge is 0.260 e. The van der Waals surface area contributed by atoms with Crippen molar-refractivity contribution in [1.29, 1.82) is 0 Å². The Kier molecular flexibility index (Phi) is 4.67. The molecule has 26 heavy (non-hydrogen) atoms. The fourth-order valence-electron chi connectivity index (χ4n) is 3.88. The zero-order valence-corrected chi connectivity index (χ0v) is 16.4. The zero-order valence-electron chi connectivity index (χ0n) is 15.6. The normalized spacial score (nSPS) is 18.5. The van der Waals surface area contributed by atoms with E-state index in [0.29, 0.717) is 6.04 Å². The quantitative estimate of drug-likeness (QED) is 0.733. The standard InChI is InChI=1S/C21H25N3OS/c1-13-7-8-14(2)16(10-13)17-12-26-21-19(17)20(25)22-18(23-21)11-24-9-5-4-6-15(24)3/h7-8,10,12,15H,4-6,9,11H2,1-3H3,(H,22,23,25). The first kappa shape index (κ1) is 17.4. The lowest BCUT2D eigenvalue weighted by Crippen LogP contribution is -2.37. The number of nitrogens with one attached hydrogen (secondary N) is 1. The molecule has 1 aromatic carbocycles. The summed E-state index contributed by atoms with van der Waals surface area (Å²) < 4.78 is 0. The Labute approximate surface area is 157 Å². The van der Waals surface area contributed by atoms with E-state index in [0.717, 1.165) is 40.3 Å². The van der Waals surface area contributed by atoms with Crippen LogP contribution in [-0.4, -0.2) is 27.5 Å². The second kappa shape index (κ2) is 6.97. The largest absolute Gasteiger partial charge is 0.309 e. The Morgan fingerprint density at radius 2 is 2.12 bits per heavy atom. The van der Waals surface area contributed by atoms with Crippen molar-refractivity contribution in [2.45, 2.75) is 52.6 Å². The molecular formula is C21H25N3OS. The van der Waals surface area contributed by atoms with E-state index in [-0.39, 0.29) is 5.56 Å². The third-order valence-electron chi connectivity index (χ3n) is 5.47. The van der Waals surface area contributed by atoms with Crippen LogP contribution in [0.1, 0.15) is 43.1 Å². The van der Waals surface area contributed by atoms with Crippen LogP contribution >= 0.6 is 11.3 Å². The Morgan fingerprint density at radius 3 is 2.92 bits per heavy atom. The molecule has 3 aromatic rings. The van der Waals surface area contributed by atoms with E-state index in [1.807, 2.05) is 0 Å². The first-order valence-electron chi connectivity index (χ1n) is 9.35. The summed E-state index contributed by atoms with van der Waals surface area (Å²) >= 11 is 1.56. The minimum atomic E-state index is -0.0215. The van der Waals surface area contributed by atoms with Gasteiger partial charge in [-0.15, -0.1) is 11.3 Å². The zero-order chi connectivity index (χ0) is 18.3. The molecule has 3 heterocycles. The summed E-state index contributed by atoms with van der Waals surface area (Å²) in [5.41, 5.74) is 4.48. The first-order valence-corrected chi connectivity index (χ1v) is 10.2. The summed E-state index contributed by atoms with van der Waals surface area (Å²) in [6, 6.07) is 6.92. The number of benzene rings is 1. The third-order valence-corrected chi connectivity index (χ3v) is 6.34.